The van der Waals surface area contributed by atoms with Gasteiger partial charge in [-0.1, -0.05) is 30.4 Å². The maximum absolute atomic E-state index is 5.77. The molecule has 86 valence electrons. The Bertz CT molecular complexity index is 535. The molecule has 2 rings (SSSR count). The number of para-hydroxylation sites is 1. The fourth-order valence-electron chi connectivity index (χ4n) is 1.51. The highest BCUT2D eigenvalue weighted by atomic mass is 16.5. The van der Waals surface area contributed by atoms with E-state index in [0.717, 1.165) is 11.3 Å². The number of allylic oxidation sites excluding steroid dienone is 1. The number of pyridine rings is 1. The van der Waals surface area contributed by atoms with Crippen LogP contribution in [-0.4, -0.2) is 4.98 Å². The maximum Gasteiger partial charge on any atom is 0.134 e. The second kappa shape index (κ2) is 5.16. The number of anilines is 1. The molecule has 0 atom stereocenters. The molecule has 0 aliphatic carbocycles. The summed E-state index contributed by atoms with van der Waals surface area (Å²) in [5.41, 5.74) is 6.64. The summed E-state index contributed by atoms with van der Waals surface area (Å²) in [6.07, 6.45) is 5.60. The number of nitrogens with zero attached hydrogens (tertiary/aromatic N) is 1. The number of benzene rings is 1. The molecule has 2 N–H and O–H groups in total. The molecule has 0 amide bonds. The lowest BCUT2D eigenvalue weighted by Crippen LogP contribution is -1.91. The SMILES string of the molecule is C/C=C/c1ccccc1Oc1ccnc(N)c1. The Hall–Kier alpha value is -2.29. The highest BCUT2D eigenvalue weighted by Crippen LogP contribution is 2.26. The Kier molecular flexibility index (Phi) is 3.40. The minimum atomic E-state index is 0.450. The van der Waals surface area contributed by atoms with Gasteiger partial charge in [-0.3, -0.25) is 0 Å². The van der Waals surface area contributed by atoms with Crippen LogP contribution < -0.4 is 10.5 Å². The van der Waals surface area contributed by atoms with Gasteiger partial charge in [0.2, 0.25) is 0 Å². The first-order valence-corrected chi connectivity index (χ1v) is 5.40. The summed E-state index contributed by atoms with van der Waals surface area (Å²) in [6, 6.07) is 11.3. The fraction of sp³-hybridized carbons (Fsp3) is 0.0714. The van der Waals surface area contributed by atoms with E-state index in [-0.39, 0.29) is 0 Å². The Morgan fingerprint density at radius 3 is 2.82 bits per heavy atom. The van der Waals surface area contributed by atoms with E-state index in [1.54, 1.807) is 18.3 Å². The monoisotopic (exact) mass is 226 g/mol. The van der Waals surface area contributed by atoms with E-state index in [1.807, 2.05) is 43.3 Å². The Labute approximate surface area is 101 Å². The van der Waals surface area contributed by atoms with Gasteiger partial charge in [-0.2, -0.15) is 0 Å². The first kappa shape index (κ1) is 11.2. The van der Waals surface area contributed by atoms with Crippen LogP contribution in [0.2, 0.25) is 0 Å². The topological polar surface area (TPSA) is 48.1 Å². The second-order valence-electron chi connectivity index (χ2n) is 3.56. The van der Waals surface area contributed by atoms with E-state index in [9.17, 15) is 0 Å². The number of rotatable bonds is 3. The largest absolute Gasteiger partial charge is 0.457 e. The van der Waals surface area contributed by atoms with Gasteiger partial charge in [0.05, 0.1) is 0 Å². The molecule has 0 radical (unpaired) electrons. The van der Waals surface area contributed by atoms with Crippen LogP contribution in [0.3, 0.4) is 0 Å². The average Bonchev–Trinajstić information content (AvgIpc) is 2.32. The Morgan fingerprint density at radius 2 is 2.06 bits per heavy atom. The van der Waals surface area contributed by atoms with Gasteiger partial charge in [-0.05, 0) is 19.1 Å². The van der Waals surface area contributed by atoms with Crippen molar-refractivity contribution in [1.29, 1.82) is 0 Å². The third-order valence-corrected chi connectivity index (χ3v) is 2.25. The molecule has 1 aromatic heterocycles. The Balaban J connectivity index is 2.29. The Morgan fingerprint density at radius 1 is 1.24 bits per heavy atom. The van der Waals surface area contributed by atoms with Gasteiger partial charge in [-0.15, -0.1) is 0 Å². The molecule has 1 heterocycles. The van der Waals surface area contributed by atoms with Crippen molar-refractivity contribution in [3.8, 4) is 11.5 Å². The normalized spacial score (nSPS) is 10.6. The molecule has 0 saturated carbocycles. The van der Waals surface area contributed by atoms with Crippen LogP contribution in [0.4, 0.5) is 5.82 Å². The number of nitrogens with two attached hydrogens (primary N) is 1. The highest BCUT2D eigenvalue weighted by molar-refractivity contribution is 5.57. The summed E-state index contributed by atoms with van der Waals surface area (Å²) in [6.45, 7) is 1.97. The molecule has 0 unspecified atom stereocenters. The molecule has 0 aliphatic rings. The van der Waals surface area contributed by atoms with Gasteiger partial charge in [0.25, 0.3) is 0 Å². The van der Waals surface area contributed by atoms with E-state index >= 15 is 0 Å². The zero-order valence-electron chi connectivity index (χ0n) is 9.63. The van der Waals surface area contributed by atoms with Gasteiger partial charge in [0.1, 0.15) is 17.3 Å². The van der Waals surface area contributed by atoms with Gasteiger partial charge in [0.15, 0.2) is 0 Å². The summed E-state index contributed by atoms with van der Waals surface area (Å²) in [5, 5.41) is 0. The van der Waals surface area contributed by atoms with Crippen molar-refractivity contribution in [2.75, 3.05) is 5.73 Å². The highest BCUT2D eigenvalue weighted by Gasteiger charge is 2.01. The standard InChI is InChI=1S/C14H14N2O/c1-2-5-11-6-3-4-7-13(11)17-12-8-9-16-14(15)10-12/h2-10H,1H3,(H2,15,16)/b5-2+. The number of nitrogen functional groups attached to an aromatic ring is 1. The van der Waals surface area contributed by atoms with Gasteiger partial charge < -0.3 is 10.5 Å². The predicted octanol–water partition coefficient (Wildman–Crippen LogP) is 3.49. The lowest BCUT2D eigenvalue weighted by atomic mass is 10.2. The van der Waals surface area contributed by atoms with Crippen molar-refractivity contribution in [3.05, 3.63) is 54.2 Å². The molecule has 0 fully saturated rings. The van der Waals surface area contributed by atoms with Crippen LogP contribution in [0.1, 0.15) is 12.5 Å². The molecule has 0 saturated heterocycles. The first-order valence-electron chi connectivity index (χ1n) is 5.40. The van der Waals surface area contributed by atoms with Crippen LogP contribution in [0, 0.1) is 0 Å². The summed E-state index contributed by atoms with van der Waals surface area (Å²) >= 11 is 0. The van der Waals surface area contributed by atoms with E-state index in [4.69, 9.17) is 10.5 Å². The van der Waals surface area contributed by atoms with Crippen LogP contribution >= 0.6 is 0 Å². The van der Waals surface area contributed by atoms with Crippen molar-refractivity contribution in [2.24, 2.45) is 0 Å². The molecule has 3 nitrogen and oxygen atoms in total. The van der Waals surface area contributed by atoms with Crippen LogP contribution in [-0.2, 0) is 0 Å². The third kappa shape index (κ3) is 2.84. The van der Waals surface area contributed by atoms with Crippen LogP contribution in [0.15, 0.2) is 48.7 Å². The van der Waals surface area contributed by atoms with Gasteiger partial charge in [-0.25, -0.2) is 4.98 Å². The van der Waals surface area contributed by atoms with E-state index in [0.29, 0.717) is 11.6 Å². The van der Waals surface area contributed by atoms with Crippen LogP contribution in [0.25, 0.3) is 6.08 Å². The predicted molar refractivity (Wildman–Crippen MR) is 69.9 cm³/mol. The molecule has 17 heavy (non-hydrogen) atoms. The quantitative estimate of drug-likeness (QED) is 0.871. The van der Waals surface area contributed by atoms with Crippen LogP contribution in [0.5, 0.6) is 11.5 Å². The van der Waals surface area contributed by atoms with Crippen molar-refractivity contribution < 1.29 is 4.74 Å². The van der Waals surface area contributed by atoms with E-state index < -0.39 is 0 Å². The van der Waals surface area contributed by atoms with E-state index in [2.05, 4.69) is 4.98 Å². The maximum atomic E-state index is 5.77. The summed E-state index contributed by atoms with van der Waals surface area (Å²) in [7, 11) is 0. The molecular formula is C14H14N2O. The zero-order valence-corrected chi connectivity index (χ0v) is 9.63. The summed E-state index contributed by atoms with van der Waals surface area (Å²) in [4.78, 5) is 3.92. The van der Waals surface area contributed by atoms with E-state index in [1.165, 1.54) is 0 Å². The average molecular weight is 226 g/mol. The first-order chi connectivity index (χ1) is 8.29. The second-order valence-corrected chi connectivity index (χ2v) is 3.56. The minimum absolute atomic E-state index is 0.450. The molecule has 0 spiro atoms. The summed E-state index contributed by atoms with van der Waals surface area (Å²) in [5.74, 6) is 1.94. The number of aromatic nitrogens is 1. The zero-order chi connectivity index (χ0) is 12.1. The lowest BCUT2D eigenvalue weighted by molar-refractivity contribution is 0.481. The lowest BCUT2D eigenvalue weighted by Gasteiger charge is -2.08. The number of hydrogen-bond donors (Lipinski definition) is 1. The molecule has 3 heteroatoms. The smallest absolute Gasteiger partial charge is 0.134 e. The summed E-state index contributed by atoms with van der Waals surface area (Å²) < 4.78 is 5.77. The molecular weight excluding hydrogens is 212 g/mol. The number of ether oxygens (including phenoxy) is 1. The van der Waals surface area contributed by atoms with Gasteiger partial charge in [0, 0.05) is 17.8 Å². The van der Waals surface area contributed by atoms with Crippen molar-refractivity contribution in [2.45, 2.75) is 6.92 Å². The minimum Gasteiger partial charge on any atom is -0.457 e. The molecule has 0 bridgehead atoms. The van der Waals surface area contributed by atoms with Gasteiger partial charge >= 0.3 is 0 Å². The number of hydrogen-bond acceptors (Lipinski definition) is 3. The molecule has 1 aromatic carbocycles. The van der Waals surface area contributed by atoms with Crippen molar-refractivity contribution >= 4 is 11.9 Å². The fourth-order valence-corrected chi connectivity index (χ4v) is 1.51. The van der Waals surface area contributed by atoms with Crippen molar-refractivity contribution in [1.82, 2.24) is 4.98 Å². The van der Waals surface area contributed by atoms with Crippen molar-refractivity contribution in [3.63, 3.8) is 0 Å². The third-order valence-electron chi connectivity index (χ3n) is 2.25. The molecule has 2 aromatic rings. The molecule has 0 aliphatic heterocycles.